The molecule has 2 rings (SSSR count). The highest BCUT2D eigenvalue weighted by Gasteiger charge is 2.26. The van der Waals surface area contributed by atoms with Gasteiger partial charge in [0.25, 0.3) is 0 Å². The molecule has 0 aromatic heterocycles. The minimum absolute atomic E-state index is 0.0920. The summed E-state index contributed by atoms with van der Waals surface area (Å²) < 4.78 is 32.7. The van der Waals surface area contributed by atoms with E-state index in [0.29, 0.717) is 23.7 Å². The molecular formula is C14H22N2O3S. The number of anilines is 1. The van der Waals surface area contributed by atoms with Crippen molar-refractivity contribution < 1.29 is 13.2 Å². The minimum Gasteiger partial charge on any atom is -0.379 e. The van der Waals surface area contributed by atoms with Crippen molar-refractivity contribution in [3.63, 3.8) is 0 Å². The first kappa shape index (κ1) is 15.3. The van der Waals surface area contributed by atoms with Crippen LogP contribution in [-0.4, -0.2) is 33.7 Å². The van der Waals surface area contributed by atoms with Crippen molar-refractivity contribution in [1.29, 1.82) is 0 Å². The molecule has 2 unspecified atom stereocenters. The predicted molar refractivity (Wildman–Crippen MR) is 79.4 cm³/mol. The van der Waals surface area contributed by atoms with Crippen molar-refractivity contribution in [2.24, 2.45) is 0 Å². The van der Waals surface area contributed by atoms with Crippen molar-refractivity contribution in [3.05, 3.63) is 24.3 Å². The summed E-state index contributed by atoms with van der Waals surface area (Å²) in [7, 11) is -3.47. The first-order chi connectivity index (χ1) is 9.54. The van der Waals surface area contributed by atoms with Crippen LogP contribution in [0.25, 0.3) is 0 Å². The molecule has 1 aromatic rings. The van der Waals surface area contributed by atoms with E-state index < -0.39 is 10.0 Å². The van der Waals surface area contributed by atoms with Crippen LogP contribution >= 0.6 is 0 Å². The maximum absolute atomic E-state index is 12.3. The van der Waals surface area contributed by atoms with Crippen LogP contribution in [0.1, 0.15) is 26.7 Å². The smallest absolute Gasteiger partial charge is 0.242 e. The van der Waals surface area contributed by atoms with E-state index in [0.717, 1.165) is 12.8 Å². The normalized spacial score (nSPS) is 22.9. The molecule has 0 aliphatic carbocycles. The second-order valence-electron chi connectivity index (χ2n) is 5.01. The zero-order chi connectivity index (χ0) is 14.6. The van der Waals surface area contributed by atoms with E-state index in [-0.39, 0.29) is 12.1 Å². The summed E-state index contributed by atoms with van der Waals surface area (Å²) in [5, 5.41) is 3.30. The molecule has 1 aliphatic rings. The molecule has 1 saturated heterocycles. The van der Waals surface area contributed by atoms with Crippen molar-refractivity contribution in [2.45, 2.75) is 43.7 Å². The topological polar surface area (TPSA) is 67.4 Å². The molecule has 2 atom stereocenters. The van der Waals surface area contributed by atoms with Gasteiger partial charge < -0.3 is 10.1 Å². The highest BCUT2D eigenvalue weighted by atomic mass is 32.2. The summed E-state index contributed by atoms with van der Waals surface area (Å²) in [5.41, 5.74) is 0.637. The van der Waals surface area contributed by atoms with Gasteiger partial charge in [0.2, 0.25) is 10.0 Å². The summed E-state index contributed by atoms with van der Waals surface area (Å²) >= 11 is 0. The number of rotatable bonds is 6. The van der Waals surface area contributed by atoms with Gasteiger partial charge in [0, 0.05) is 13.2 Å². The SMILES string of the molecule is CCCNS(=O)(=O)c1ccccc1NC1CCOC1C. The van der Waals surface area contributed by atoms with Gasteiger partial charge in [-0.2, -0.15) is 0 Å². The maximum Gasteiger partial charge on any atom is 0.242 e. The summed E-state index contributed by atoms with van der Waals surface area (Å²) in [6.45, 7) is 5.09. The molecule has 112 valence electrons. The first-order valence-electron chi connectivity index (χ1n) is 7.01. The number of hydrogen-bond acceptors (Lipinski definition) is 4. The van der Waals surface area contributed by atoms with E-state index in [4.69, 9.17) is 4.74 Å². The third-order valence-corrected chi connectivity index (χ3v) is 4.95. The van der Waals surface area contributed by atoms with Crippen LogP contribution < -0.4 is 10.0 Å². The maximum atomic E-state index is 12.3. The molecule has 2 N–H and O–H groups in total. The Morgan fingerprint density at radius 2 is 2.10 bits per heavy atom. The van der Waals surface area contributed by atoms with E-state index in [2.05, 4.69) is 10.0 Å². The van der Waals surface area contributed by atoms with Crippen molar-refractivity contribution >= 4 is 15.7 Å². The lowest BCUT2D eigenvalue weighted by molar-refractivity contribution is 0.121. The van der Waals surface area contributed by atoms with E-state index in [1.807, 2.05) is 19.9 Å². The molecule has 20 heavy (non-hydrogen) atoms. The Balaban J connectivity index is 2.21. The molecule has 0 spiro atoms. The van der Waals surface area contributed by atoms with Crippen LogP contribution in [-0.2, 0) is 14.8 Å². The van der Waals surface area contributed by atoms with Crippen molar-refractivity contribution in [3.8, 4) is 0 Å². The third-order valence-electron chi connectivity index (χ3n) is 3.44. The lowest BCUT2D eigenvalue weighted by Crippen LogP contribution is -2.29. The highest BCUT2D eigenvalue weighted by molar-refractivity contribution is 7.89. The highest BCUT2D eigenvalue weighted by Crippen LogP contribution is 2.25. The molecule has 1 heterocycles. The number of para-hydroxylation sites is 1. The number of nitrogens with one attached hydrogen (secondary N) is 2. The quantitative estimate of drug-likeness (QED) is 0.842. The van der Waals surface area contributed by atoms with E-state index in [1.54, 1.807) is 18.2 Å². The van der Waals surface area contributed by atoms with Gasteiger partial charge in [-0.1, -0.05) is 19.1 Å². The van der Waals surface area contributed by atoms with Crippen LogP contribution in [0.15, 0.2) is 29.2 Å². The second kappa shape index (κ2) is 6.56. The van der Waals surface area contributed by atoms with Gasteiger partial charge in [0.1, 0.15) is 4.90 Å². The van der Waals surface area contributed by atoms with Crippen LogP contribution in [0.4, 0.5) is 5.69 Å². The molecule has 5 nitrogen and oxygen atoms in total. The fraction of sp³-hybridized carbons (Fsp3) is 0.571. The lowest BCUT2D eigenvalue weighted by atomic mass is 10.1. The van der Waals surface area contributed by atoms with Crippen LogP contribution in [0.5, 0.6) is 0 Å². The van der Waals surface area contributed by atoms with Gasteiger partial charge >= 0.3 is 0 Å². The van der Waals surface area contributed by atoms with Gasteiger partial charge in [-0.05, 0) is 31.9 Å². The lowest BCUT2D eigenvalue weighted by Gasteiger charge is -2.20. The first-order valence-corrected chi connectivity index (χ1v) is 8.49. The Morgan fingerprint density at radius 3 is 2.75 bits per heavy atom. The second-order valence-corrected chi connectivity index (χ2v) is 6.74. The average molecular weight is 298 g/mol. The fourth-order valence-corrected chi connectivity index (χ4v) is 3.56. The van der Waals surface area contributed by atoms with Gasteiger partial charge in [0.05, 0.1) is 17.8 Å². The largest absolute Gasteiger partial charge is 0.379 e. The molecule has 1 aliphatic heterocycles. The Kier molecular flexibility index (Phi) is 5.01. The Labute approximate surface area is 120 Å². The van der Waals surface area contributed by atoms with Crippen LogP contribution in [0.2, 0.25) is 0 Å². The molecule has 0 saturated carbocycles. The Morgan fingerprint density at radius 1 is 1.35 bits per heavy atom. The van der Waals surface area contributed by atoms with Gasteiger partial charge in [0.15, 0.2) is 0 Å². The summed E-state index contributed by atoms with van der Waals surface area (Å²) in [6, 6.07) is 7.14. The number of ether oxygens (including phenoxy) is 1. The molecule has 1 aromatic carbocycles. The van der Waals surface area contributed by atoms with Crippen LogP contribution in [0.3, 0.4) is 0 Å². The number of hydrogen-bond donors (Lipinski definition) is 2. The zero-order valence-electron chi connectivity index (χ0n) is 11.9. The summed E-state index contributed by atoms with van der Waals surface area (Å²) in [4.78, 5) is 0.299. The fourth-order valence-electron chi connectivity index (χ4n) is 2.26. The average Bonchev–Trinajstić information content (AvgIpc) is 2.83. The van der Waals surface area contributed by atoms with Gasteiger partial charge in [-0.15, -0.1) is 0 Å². The van der Waals surface area contributed by atoms with Crippen LogP contribution in [0, 0.1) is 0 Å². The Bertz CT molecular complexity index is 545. The molecule has 0 bridgehead atoms. The molecule has 1 fully saturated rings. The van der Waals surface area contributed by atoms with Crippen molar-refractivity contribution in [1.82, 2.24) is 4.72 Å². The summed E-state index contributed by atoms with van der Waals surface area (Å²) in [6.07, 6.45) is 1.75. The molecular weight excluding hydrogens is 276 g/mol. The van der Waals surface area contributed by atoms with Crippen molar-refractivity contribution in [2.75, 3.05) is 18.5 Å². The van der Waals surface area contributed by atoms with E-state index >= 15 is 0 Å². The third kappa shape index (κ3) is 3.50. The molecule has 0 amide bonds. The monoisotopic (exact) mass is 298 g/mol. The van der Waals surface area contributed by atoms with Gasteiger partial charge in [-0.25, -0.2) is 13.1 Å². The van der Waals surface area contributed by atoms with Gasteiger partial charge in [-0.3, -0.25) is 0 Å². The number of sulfonamides is 1. The van der Waals surface area contributed by atoms with E-state index in [1.165, 1.54) is 0 Å². The predicted octanol–water partition coefficient (Wildman–Crippen LogP) is 1.96. The van der Waals surface area contributed by atoms with E-state index in [9.17, 15) is 8.42 Å². The molecule has 0 radical (unpaired) electrons. The zero-order valence-corrected chi connectivity index (χ0v) is 12.7. The number of benzene rings is 1. The standard InChI is InChI=1S/C14H22N2O3S/c1-3-9-15-20(17,18)14-7-5-4-6-13(14)16-12-8-10-19-11(12)2/h4-7,11-12,15-16H,3,8-10H2,1-2H3. The minimum atomic E-state index is -3.47. The summed E-state index contributed by atoms with van der Waals surface area (Å²) in [5.74, 6) is 0. The Hall–Kier alpha value is -1.11. The molecule has 6 heteroatoms.